The number of aliphatic carboxylic acids is 2. The fourth-order valence-electron chi connectivity index (χ4n) is 6.05. The van der Waals surface area contributed by atoms with Crippen molar-refractivity contribution in [3.05, 3.63) is 18.2 Å². The molecule has 346 valence electrons. The third-order valence-electron chi connectivity index (χ3n) is 9.47. The normalized spacial score (nSPS) is 18.0. The van der Waals surface area contributed by atoms with E-state index in [0.717, 1.165) is 18.7 Å². The van der Waals surface area contributed by atoms with E-state index in [0.29, 0.717) is 5.69 Å². The minimum absolute atomic E-state index is 0.00900. The van der Waals surface area contributed by atoms with E-state index in [2.05, 4.69) is 41.9 Å². The Balaban J connectivity index is 2.25. The van der Waals surface area contributed by atoms with Crippen LogP contribution in [0.4, 0.5) is 0 Å². The summed E-state index contributed by atoms with van der Waals surface area (Å²) in [4.78, 5) is 136. The van der Waals surface area contributed by atoms with Crippen molar-refractivity contribution in [2.24, 2.45) is 11.7 Å². The molecule has 0 aliphatic carbocycles. The van der Waals surface area contributed by atoms with Crippen molar-refractivity contribution in [2.75, 3.05) is 19.7 Å². The summed E-state index contributed by atoms with van der Waals surface area (Å²) in [6.45, 7) is 5.18. The van der Waals surface area contributed by atoms with Gasteiger partial charge in [0.1, 0.15) is 42.3 Å². The monoisotopic (exact) mass is 883 g/mol. The number of aromatic amines is 1. The number of rotatable bonds is 24. The van der Waals surface area contributed by atoms with E-state index in [-0.39, 0.29) is 25.8 Å². The van der Waals surface area contributed by atoms with Crippen LogP contribution >= 0.6 is 0 Å². The molecule has 1 aliphatic rings. The number of aliphatic hydroxyl groups is 3. The number of carboxylic acid groups (broad SMARTS) is 2. The number of carboxylic acids is 2. The highest BCUT2D eigenvalue weighted by atomic mass is 16.4. The Bertz CT molecular complexity index is 1770. The van der Waals surface area contributed by atoms with E-state index in [4.69, 9.17) is 10.8 Å². The molecule has 26 nitrogen and oxygen atoms in total. The molecule has 1 fully saturated rings. The summed E-state index contributed by atoms with van der Waals surface area (Å²) in [5.74, 6) is -11.3. The number of aromatic nitrogens is 2. The minimum atomic E-state index is -1.84. The Morgan fingerprint density at radius 2 is 1.37 bits per heavy atom. The second kappa shape index (κ2) is 24.3. The second-order valence-corrected chi connectivity index (χ2v) is 15.0. The Morgan fingerprint density at radius 3 is 1.89 bits per heavy atom. The number of H-pyrrole nitrogens is 1. The number of carbonyl (C=O) groups excluding carboxylic acids is 8. The van der Waals surface area contributed by atoms with Crippen LogP contribution in [0.2, 0.25) is 0 Å². The summed E-state index contributed by atoms with van der Waals surface area (Å²) in [7, 11) is 0. The quantitative estimate of drug-likeness (QED) is 0.0459. The molecule has 0 aromatic carbocycles. The number of nitrogens with one attached hydrogen (secondary N) is 8. The zero-order valence-electron chi connectivity index (χ0n) is 34.7. The van der Waals surface area contributed by atoms with Gasteiger partial charge in [0.05, 0.1) is 44.1 Å². The first-order valence-corrected chi connectivity index (χ1v) is 19.5. The van der Waals surface area contributed by atoms with Gasteiger partial charge in [-0.05, 0) is 39.5 Å². The van der Waals surface area contributed by atoms with Gasteiger partial charge in [0, 0.05) is 24.9 Å². The number of imidazole rings is 1. The predicted molar refractivity (Wildman–Crippen MR) is 210 cm³/mol. The molecule has 1 aromatic heterocycles. The Labute approximate surface area is 354 Å². The highest BCUT2D eigenvalue weighted by Crippen LogP contribution is 2.20. The fourth-order valence-corrected chi connectivity index (χ4v) is 6.05. The van der Waals surface area contributed by atoms with Crippen molar-refractivity contribution in [3.63, 3.8) is 0 Å². The lowest BCUT2D eigenvalue weighted by atomic mass is 10.0. The maximum atomic E-state index is 13.9. The third kappa shape index (κ3) is 15.7. The van der Waals surface area contributed by atoms with Crippen molar-refractivity contribution in [1.29, 1.82) is 0 Å². The number of hydrogen-bond acceptors (Lipinski definition) is 15. The largest absolute Gasteiger partial charge is 0.481 e. The number of nitrogens with two attached hydrogens (primary N) is 1. The van der Waals surface area contributed by atoms with Gasteiger partial charge in [-0.2, -0.15) is 0 Å². The van der Waals surface area contributed by atoms with Gasteiger partial charge in [-0.3, -0.25) is 43.2 Å². The number of carbonyl (C=O) groups is 10. The standard InChI is InChI=1S/C36H57N11O15/c1-15(2)26(45-29(54)16(3)37)33(58)39-12-24(51)44-27(17(4)49)34(59)42-20(9-19-11-38-14-40-19)31(56)46-28(18(5)50)35(60)47-8-6-7-23(47)32(57)41-21(10-25(52)53)30(55)43-22(13-48)36(61)62/h11,14-18,20-23,26-28,48-50H,6-10,12-13,37H2,1-5H3,(H,38,40)(H,39,58)(H,41,57)(H,42,59)(H,43,55)(H,44,51)(H,45,54)(H,46,56)(H,52,53)(H,61,62)/t16-,17+,18+,20-,21-,22-,23-,26-,27-,28-/m0/s1. The smallest absolute Gasteiger partial charge is 0.328 e. The van der Waals surface area contributed by atoms with E-state index in [1.54, 1.807) is 13.8 Å². The lowest BCUT2D eigenvalue weighted by Gasteiger charge is -2.32. The van der Waals surface area contributed by atoms with Crippen LogP contribution in [0.1, 0.15) is 59.6 Å². The lowest BCUT2D eigenvalue weighted by Crippen LogP contribution is -2.62. The van der Waals surface area contributed by atoms with Crippen molar-refractivity contribution >= 4 is 59.2 Å². The maximum Gasteiger partial charge on any atom is 0.328 e. The SMILES string of the molecule is CC(C)[C@H](NC(=O)[C@H](C)N)C(=O)NCC(=O)N[C@H](C(=O)N[C@@H](Cc1cnc[nH]1)C(=O)N[C@H](C(=O)N1CCC[C@H]1C(=O)N[C@@H](CC(=O)O)C(=O)N[C@@H](CO)C(=O)O)[C@@H](C)O)[C@@H](C)O. The summed E-state index contributed by atoms with van der Waals surface area (Å²) in [6, 6.07) is -12.0. The summed E-state index contributed by atoms with van der Waals surface area (Å²) in [6.07, 6.45) is -1.72. The van der Waals surface area contributed by atoms with Gasteiger partial charge in [-0.15, -0.1) is 0 Å². The number of amides is 8. The van der Waals surface area contributed by atoms with Crippen LogP contribution in [0.5, 0.6) is 0 Å². The first-order chi connectivity index (χ1) is 29.0. The van der Waals surface area contributed by atoms with Gasteiger partial charge in [-0.1, -0.05) is 13.8 Å². The molecular weight excluding hydrogens is 826 g/mol. The van der Waals surface area contributed by atoms with Crippen molar-refractivity contribution in [1.82, 2.24) is 52.1 Å². The average Bonchev–Trinajstić information content (AvgIpc) is 3.90. The van der Waals surface area contributed by atoms with Crippen LogP contribution in [-0.4, -0.2) is 180 Å². The topological polar surface area (TPSA) is 414 Å². The van der Waals surface area contributed by atoms with Crippen LogP contribution in [-0.2, 0) is 54.4 Å². The molecule has 62 heavy (non-hydrogen) atoms. The molecule has 0 spiro atoms. The molecule has 2 heterocycles. The highest BCUT2D eigenvalue weighted by Gasteiger charge is 2.42. The van der Waals surface area contributed by atoms with Crippen LogP contribution in [0.25, 0.3) is 0 Å². The molecular formula is C36H57N11O15. The van der Waals surface area contributed by atoms with E-state index >= 15 is 0 Å². The highest BCUT2D eigenvalue weighted by molar-refractivity contribution is 5.98. The van der Waals surface area contributed by atoms with Crippen molar-refractivity contribution in [3.8, 4) is 0 Å². The maximum absolute atomic E-state index is 13.9. The number of aliphatic hydroxyl groups excluding tert-OH is 3. The molecule has 0 radical (unpaired) electrons. The fraction of sp³-hybridized carbons (Fsp3) is 0.639. The summed E-state index contributed by atoms with van der Waals surface area (Å²) in [5, 5.41) is 64.9. The van der Waals surface area contributed by atoms with Gasteiger partial charge in [0.2, 0.25) is 47.3 Å². The zero-order valence-corrected chi connectivity index (χ0v) is 34.7. The number of likely N-dealkylation sites (tertiary alicyclic amines) is 1. The van der Waals surface area contributed by atoms with Crippen molar-refractivity contribution < 1.29 is 73.5 Å². The molecule has 26 heteroatoms. The Kier molecular flexibility index (Phi) is 20.3. The van der Waals surface area contributed by atoms with Gasteiger partial charge in [0.25, 0.3) is 0 Å². The second-order valence-electron chi connectivity index (χ2n) is 15.0. The van der Waals surface area contributed by atoms with Crippen LogP contribution in [0.3, 0.4) is 0 Å². The molecule has 0 unspecified atom stereocenters. The van der Waals surface area contributed by atoms with Crippen LogP contribution in [0.15, 0.2) is 12.5 Å². The lowest BCUT2D eigenvalue weighted by molar-refractivity contribution is -0.146. The molecule has 0 saturated carbocycles. The van der Waals surface area contributed by atoms with E-state index in [1.807, 2.05) is 5.32 Å². The summed E-state index contributed by atoms with van der Waals surface area (Å²) < 4.78 is 0. The number of nitrogens with zero attached hydrogens (tertiary/aromatic N) is 2. The van der Waals surface area contributed by atoms with Gasteiger partial charge in [-0.25, -0.2) is 9.78 Å². The van der Waals surface area contributed by atoms with Crippen LogP contribution < -0.4 is 43.0 Å². The first kappa shape index (κ1) is 51.9. The molecule has 8 amide bonds. The van der Waals surface area contributed by atoms with E-state index in [1.165, 1.54) is 19.4 Å². The van der Waals surface area contributed by atoms with Gasteiger partial charge >= 0.3 is 11.9 Å². The summed E-state index contributed by atoms with van der Waals surface area (Å²) in [5.41, 5.74) is 5.87. The Hall–Kier alpha value is -6.25. The molecule has 10 atom stereocenters. The zero-order chi connectivity index (χ0) is 47.0. The molecule has 1 aromatic rings. The van der Waals surface area contributed by atoms with Gasteiger partial charge < -0.3 is 78.4 Å². The first-order valence-electron chi connectivity index (χ1n) is 19.5. The Morgan fingerprint density at radius 1 is 0.774 bits per heavy atom. The molecule has 2 rings (SSSR count). The van der Waals surface area contributed by atoms with Gasteiger partial charge in [0.15, 0.2) is 0 Å². The predicted octanol–water partition coefficient (Wildman–Crippen LogP) is -6.72. The molecule has 1 saturated heterocycles. The van der Waals surface area contributed by atoms with Crippen molar-refractivity contribution in [2.45, 2.75) is 121 Å². The van der Waals surface area contributed by atoms with E-state index in [9.17, 15) is 68.4 Å². The van der Waals surface area contributed by atoms with E-state index < -0.39 is 145 Å². The molecule has 15 N–H and O–H groups in total. The summed E-state index contributed by atoms with van der Waals surface area (Å²) >= 11 is 0. The molecule has 0 bridgehead atoms. The number of hydrogen-bond donors (Lipinski definition) is 14. The average molecular weight is 884 g/mol. The van der Waals surface area contributed by atoms with Crippen LogP contribution in [0, 0.1) is 5.92 Å². The molecule has 1 aliphatic heterocycles. The third-order valence-corrected chi connectivity index (χ3v) is 9.47. The minimum Gasteiger partial charge on any atom is -0.481 e.